The minimum absolute atomic E-state index is 0.0255. The number of hydrogen-bond donors (Lipinski definition) is 1. The molecule has 0 aliphatic carbocycles. The molecule has 2 heteroatoms. The second-order valence-electron chi connectivity index (χ2n) is 1.25. The smallest absolute Gasteiger partial charge is 0.0812 e. The Morgan fingerprint density at radius 2 is 2.43 bits per heavy atom. The van der Waals surface area contributed by atoms with Gasteiger partial charge in [0.2, 0.25) is 0 Å². The van der Waals surface area contributed by atoms with Crippen molar-refractivity contribution in [3.05, 3.63) is 6.08 Å². The molecule has 2 nitrogen and oxygen atoms in total. The van der Waals surface area contributed by atoms with Gasteiger partial charge in [-0.05, 0) is 12.8 Å². The Kier molecular flexibility index (Phi) is 3.29. The lowest BCUT2D eigenvalue weighted by molar-refractivity contribution is 0.157. The summed E-state index contributed by atoms with van der Waals surface area (Å²) < 4.78 is 4.75. The van der Waals surface area contributed by atoms with Gasteiger partial charge in [-0.3, -0.25) is 5.41 Å². The maximum Gasteiger partial charge on any atom is 0.0812 e. The molecule has 0 aromatic heterocycles. The van der Waals surface area contributed by atoms with Gasteiger partial charge in [-0.2, -0.15) is 0 Å². The van der Waals surface area contributed by atoms with E-state index in [2.05, 4.69) is 5.87 Å². The first kappa shape index (κ1) is 6.41. The van der Waals surface area contributed by atoms with E-state index in [1.54, 1.807) is 13.2 Å². The van der Waals surface area contributed by atoms with E-state index in [9.17, 15) is 0 Å². The van der Waals surface area contributed by atoms with Crippen molar-refractivity contribution >= 4 is 5.87 Å². The van der Waals surface area contributed by atoms with Crippen molar-refractivity contribution in [3.8, 4) is 0 Å². The van der Waals surface area contributed by atoms with E-state index in [0.717, 1.165) is 0 Å². The van der Waals surface area contributed by atoms with Crippen LogP contribution in [0.1, 0.15) is 6.92 Å². The number of ether oxygens (including phenoxy) is 1. The SMILES string of the molecule is COC(C)C=C=N. The van der Waals surface area contributed by atoms with Gasteiger partial charge in [0.15, 0.2) is 0 Å². The Morgan fingerprint density at radius 3 is 2.57 bits per heavy atom. The standard InChI is InChI=1S/C5H9NO/c1-5(7-2)3-4-6/h3,5-6H,1-2H3. The maximum absolute atomic E-state index is 6.45. The number of nitrogens with one attached hydrogen (secondary N) is 1. The van der Waals surface area contributed by atoms with Crippen LogP contribution in [0, 0.1) is 5.41 Å². The van der Waals surface area contributed by atoms with Crippen LogP contribution in [0.5, 0.6) is 0 Å². The monoisotopic (exact) mass is 99.1 g/mol. The fourth-order valence-corrected chi connectivity index (χ4v) is 0.185. The van der Waals surface area contributed by atoms with Crippen LogP contribution in [0.15, 0.2) is 6.08 Å². The summed E-state index contributed by atoms with van der Waals surface area (Å²) in [5.74, 6) is 2.12. The van der Waals surface area contributed by atoms with Crippen LogP contribution in [-0.2, 0) is 4.74 Å². The van der Waals surface area contributed by atoms with Crippen LogP contribution in [0.2, 0.25) is 0 Å². The lowest BCUT2D eigenvalue weighted by Crippen LogP contribution is -1.98. The molecular weight excluding hydrogens is 90.1 g/mol. The average Bonchev–Trinajstić information content (AvgIpc) is 1.68. The van der Waals surface area contributed by atoms with E-state index < -0.39 is 0 Å². The maximum atomic E-state index is 6.45. The van der Waals surface area contributed by atoms with Crippen LogP contribution >= 0.6 is 0 Å². The molecule has 0 fully saturated rings. The molecule has 1 N–H and O–H groups in total. The van der Waals surface area contributed by atoms with E-state index in [0.29, 0.717) is 0 Å². The van der Waals surface area contributed by atoms with Crippen LogP contribution in [0.3, 0.4) is 0 Å². The first-order chi connectivity index (χ1) is 3.31. The molecule has 0 aromatic carbocycles. The molecule has 0 aliphatic heterocycles. The zero-order chi connectivity index (χ0) is 5.70. The summed E-state index contributed by atoms with van der Waals surface area (Å²) >= 11 is 0. The topological polar surface area (TPSA) is 33.1 Å². The fourth-order valence-electron chi connectivity index (χ4n) is 0.185. The third-order valence-electron chi connectivity index (χ3n) is 0.690. The van der Waals surface area contributed by atoms with Gasteiger partial charge in [0.05, 0.1) is 6.10 Å². The Balaban J connectivity index is 3.35. The second-order valence-corrected chi connectivity index (χ2v) is 1.25. The first-order valence-corrected chi connectivity index (χ1v) is 2.09. The van der Waals surface area contributed by atoms with Crippen LogP contribution in [0.25, 0.3) is 0 Å². The third-order valence-corrected chi connectivity index (χ3v) is 0.690. The molecule has 1 unspecified atom stereocenters. The van der Waals surface area contributed by atoms with Crippen LogP contribution in [-0.4, -0.2) is 19.1 Å². The Hall–Kier alpha value is -0.590. The van der Waals surface area contributed by atoms with Crippen molar-refractivity contribution in [2.24, 2.45) is 0 Å². The Labute approximate surface area is 43.3 Å². The molecule has 0 aliphatic rings. The molecule has 1 atom stereocenters. The van der Waals surface area contributed by atoms with Crippen molar-refractivity contribution < 1.29 is 4.74 Å². The molecule has 0 saturated heterocycles. The molecule has 0 radical (unpaired) electrons. The minimum Gasteiger partial charge on any atom is -0.377 e. The van der Waals surface area contributed by atoms with E-state index in [-0.39, 0.29) is 6.10 Å². The lowest BCUT2D eigenvalue weighted by atomic mass is 10.4. The molecule has 7 heavy (non-hydrogen) atoms. The Bertz CT molecular complexity index is 84.1. The molecule has 0 saturated carbocycles. The highest BCUT2D eigenvalue weighted by Crippen LogP contribution is 1.83. The summed E-state index contributed by atoms with van der Waals surface area (Å²) in [7, 11) is 1.60. The van der Waals surface area contributed by atoms with Crippen molar-refractivity contribution in [2.75, 3.05) is 7.11 Å². The molecule has 0 rings (SSSR count). The summed E-state index contributed by atoms with van der Waals surface area (Å²) in [6.07, 6.45) is 1.57. The van der Waals surface area contributed by atoms with Gasteiger partial charge in [0, 0.05) is 13.2 Å². The molecule has 0 amide bonds. The van der Waals surface area contributed by atoms with Crippen molar-refractivity contribution in [1.29, 1.82) is 5.41 Å². The van der Waals surface area contributed by atoms with Gasteiger partial charge in [-0.15, -0.1) is 0 Å². The summed E-state index contributed by atoms with van der Waals surface area (Å²) in [4.78, 5) is 0. The molecule has 0 heterocycles. The highest BCUT2D eigenvalue weighted by atomic mass is 16.5. The van der Waals surface area contributed by atoms with Crippen LogP contribution in [0.4, 0.5) is 0 Å². The minimum atomic E-state index is 0.0255. The van der Waals surface area contributed by atoms with Gasteiger partial charge in [-0.25, -0.2) is 0 Å². The number of methoxy groups -OCH3 is 1. The summed E-state index contributed by atoms with van der Waals surface area (Å²) in [5, 5.41) is 6.45. The van der Waals surface area contributed by atoms with Crippen molar-refractivity contribution in [2.45, 2.75) is 13.0 Å². The largest absolute Gasteiger partial charge is 0.377 e. The highest BCUT2D eigenvalue weighted by molar-refractivity contribution is 5.48. The van der Waals surface area contributed by atoms with Crippen LogP contribution < -0.4 is 0 Å². The quantitative estimate of drug-likeness (QED) is 0.511. The predicted octanol–water partition coefficient (Wildman–Crippen LogP) is 0.826. The highest BCUT2D eigenvalue weighted by Gasteiger charge is 1.86. The van der Waals surface area contributed by atoms with E-state index in [1.807, 2.05) is 6.92 Å². The first-order valence-electron chi connectivity index (χ1n) is 2.09. The van der Waals surface area contributed by atoms with Gasteiger partial charge in [0.25, 0.3) is 0 Å². The zero-order valence-electron chi connectivity index (χ0n) is 4.56. The lowest BCUT2D eigenvalue weighted by Gasteiger charge is -1.96. The second kappa shape index (κ2) is 3.59. The van der Waals surface area contributed by atoms with Gasteiger partial charge >= 0.3 is 0 Å². The Morgan fingerprint density at radius 1 is 1.86 bits per heavy atom. The summed E-state index contributed by atoms with van der Waals surface area (Å²) in [6, 6.07) is 0. The normalized spacial score (nSPS) is 12.3. The average molecular weight is 99.1 g/mol. The number of rotatable bonds is 2. The van der Waals surface area contributed by atoms with E-state index >= 15 is 0 Å². The summed E-state index contributed by atoms with van der Waals surface area (Å²) in [6.45, 7) is 1.85. The van der Waals surface area contributed by atoms with E-state index in [4.69, 9.17) is 10.1 Å². The molecule has 0 bridgehead atoms. The zero-order valence-corrected chi connectivity index (χ0v) is 4.56. The fraction of sp³-hybridized carbons (Fsp3) is 0.600. The van der Waals surface area contributed by atoms with Gasteiger partial charge < -0.3 is 4.74 Å². The van der Waals surface area contributed by atoms with Crippen molar-refractivity contribution in [3.63, 3.8) is 0 Å². The predicted molar refractivity (Wildman–Crippen MR) is 28.8 cm³/mol. The van der Waals surface area contributed by atoms with Gasteiger partial charge in [-0.1, -0.05) is 0 Å². The van der Waals surface area contributed by atoms with Crippen molar-refractivity contribution in [1.82, 2.24) is 0 Å². The summed E-state index contributed by atoms with van der Waals surface area (Å²) in [5.41, 5.74) is 0. The molecule has 0 aromatic rings. The van der Waals surface area contributed by atoms with E-state index in [1.165, 1.54) is 0 Å². The molecule has 0 spiro atoms. The molecular formula is C5H9NO. The third kappa shape index (κ3) is 3.23. The number of hydrogen-bond acceptors (Lipinski definition) is 2. The molecule has 40 valence electrons. The van der Waals surface area contributed by atoms with Gasteiger partial charge in [0.1, 0.15) is 0 Å².